The lowest BCUT2D eigenvalue weighted by Crippen LogP contribution is -2.33. The third kappa shape index (κ3) is 2.61. The minimum absolute atomic E-state index is 0.167. The van der Waals surface area contributed by atoms with Crippen LogP contribution in [0.3, 0.4) is 0 Å². The van der Waals surface area contributed by atoms with E-state index in [1.807, 2.05) is 18.7 Å². The molecule has 0 saturated carbocycles. The second-order valence-electron chi connectivity index (χ2n) is 1.92. The first-order valence-electron chi connectivity index (χ1n) is 3.28. The van der Waals surface area contributed by atoms with Crippen molar-refractivity contribution in [2.75, 3.05) is 13.1 Å². The van der Waals surface area contributed by atoms with Crippen LogP contribution in [0.2, 0.25) is 0 Å². The summed E-state index contributed by atoms with van der Waals surface area (Å²) in [5, 5.41) is 0. The van der Waals surface area contributed by atoms with E-state index in [4.69, 9.17) is 0 Å². The third-order valence-corrected chi connectivity index (χ3v) is 1.44. The van der Waals surface area contributed by atoms with Crippen LogP contribution in [0.4, 0.5) is 0 Å². The van der Waals surface area contributed by atoms with Gasteiger partial charge in [-0.05, 0) is 20.0 Å². The molecule has 9 heavy (non-hydrogen) atoms. The van der Waals surface area contributed by atoms with E-state index in [2.05, 4.69) is 6.92 Å². The lowest BCUT2D eigenvalue weighted by molar-refractivity contribution is -0.111. The maximum atomic E-state index is 10.2. The van der Waals surface area contributed by atoms with Gasteiger partial charge < -0.3 is 4.79 Å². The fourth-order valence-corrected chi connectivity index (χ4v) is 0.779. The number of likely N-dealkylation sites (N-methyl/N-ethyl adjacent to an activating group) is 1. The number of nitrogens with zero attached hydrogens (tertiary/aromatic N) is 1. The van der Waals surface area contributed by atoms with E-state index in [1.165, 1.54) is 0 Å². The highest BCUT2D eigenvalue weighted by molar-refractivity contribution is 5.58. The topological polar surface area (TPSA) is 20.3 Å². The number of hydrogen-bond donors (Lipinski definition) is 0. The molecule has 0 bridgehead atoms. The quantitative estimate of drug-likeness (QED) is 0.520. The van der Waals surface area contributed by atoms with Gasteiger partial charge in [-0.25, -0.2) is 0 Å². The Labute approximate surface area is 56.9 Å². The molecular weight excluding hydrogens is 114 g/mol. The second kappa shape index (κ2) is 4.50. The van der Waals surface area contributed by atoms with Crippen LogP contribution in [0.5, 0.6) is 0 Å². The van der Waals surface area contributed by atoms with Gasteiger partial charge in [0.1, 0.15) is 6.29 Å². The van der Waals surface area contributed by atoms with Gasteiger partial charge in [0, 0.05) is 0 Å². The number of hydrogen-bond acceptors (Lipinski definition) is 2. The summed E-state index contributed by atoms with van der Waals surface area (Å²) in [6, 6.07) is -0.167. The summed E-state index contributed by atoms with van der Waals surface area (Å²) < 4.78 is 0. The van der Waals surface area contributed by atoms with Crippen LogP contribution in [0.1, 0.15) is 13.8 Å². The maximum Gasteiger partial charge on any atom is 0.137 e. The summed E-state index contributed by atoms with van der Waals surface area (Å²) in [6.07, 6.45) is 0.868. The Morgan fingerprint density at radius 2 is 2.00 bits per heavy atom. The Bertz CT molecular complexity index is 79.0. The lowest BCUT2D eigenvalue weighted by Gasteiger charge is -2.20. The molecule has 0 aliphatic heterocycles. The van der Waals surface area contributed by atoms with Crippen molar-refractivity contribution in [3.63, 3.8) is 0 Å². The van der Waals surface area contributed by atoms with Gasteiger partial charge in [0.15, 0.2) is 0 Å². The number of aldehydes is 1. The Balaban J connectivity index is 3.63. The van der Waals surface area contributed by atoms with Crippen molar-refractivity contribution < 1.29 is 4.79 Å². The van der Waals surface area contributed by atoms with Gasteiger partial charge >= 0.3 is 0 Å². The monoisotopic (exact) mass is 128 g/mol. The molecule has 0 aliphatic carbocycles. The van der Waals surface area contributed by atoms with Crippen molar-refractivity contribution in [2.45, 2.75) is 19.9 Å². The average molecular weight is 128 g/mol. The molecule has 0 fully saturated rings. The average Bonchev–Trinajstić information content (AvgIpc) is 1.90. The Morgan fingerprint density at radius 1 is 1.56 bits per heavy atom. The van der Waals surface area contributed by atoms with Gasteiger partial charge in [0.05, 0.1) is 6.04 Å². The van der Waals surface area contributed by atoms with E-state index in [0.717, 1.165) is 19.4 Å². The molecule has 0 aromatic rings. The summed E-state index contributed by atoms with van der Waals surface area (Å²) in [5.41, 5.74) is 0. The minimum atomic E-state index is -0.167. The van der Waals surface area contributed by atoms with Gasteiger partial charge in [-0.1, -0.05) is 13.8 Å². The molecule has 0 saturated heterocycles. The molecule has 0 amide bonds. The highest BCUT2D eigenvalue weighted by Crippen LogP contribution is 1.92. The molecule has 0 aromatic carbocycles. The van der Waals surface area contributed by atoms with E-state index in [9.17, 15) is 4.79 Å². The van der Waals surface area contributed by atoms with Crippen molar-refractivity contribution in [2.24, 2.45) is 0 Å². The van der Waals surface area contributed by atoms with Gasteiger partial charge in [-0.2, -0.15) is 0 Å². The largest absolute Gasteiger partial charge is 0.302 e. The van der Waals surface area contributed by atoms with Crippen molar-refractivity contribution in [3.05, 3.63) is 6.92 Å². The molecule has 1 atom stereocenters. The summed E-state index contributed by atoms with van der Waals surface area (Å²) in [7, 11) is 0. The fraction of sp³-hybridized carbons (Fsp3) is 0.714. The third-order valence-electron chi connectivity index (χ3n) is 1.44. The van der Waals surface area contributed by atoms with Crippen molar-refractivity contribution >= 4 is 6.29 Å². The lowest BCUT2D eigenvalue weighted by atomic mass is 10.3. The van der Waals surface area contributed by atoms with Gasteiger partial charge in [0.25, 0.3) is 0 Å². The first kappa shape index (κ1) is 8.63. The zero-order valence-electron chi connectivity index (χ0n) is 6.13. The highest BCUT2D eigenvalue weighted by atomic mass is 16.1. The van der Waals surface area contributed by atoms with Crippen molar-refractivity contribution in [1.82, 2.24) is 4.90 Å². The van der Waals surface area contributed by atoms with Gasteiger partial charge in [-0.3, -0.25) is 4.90 Å². The summed E-state index contributed by atoms with van der Waals surface area (Å²) in [4.78, 5) is 12.2. The van der Waals surface area contributed by atoms with Gasteiger partial charge in [0.2, 0.25) is 0 Å². The van der Waals surface area contributed by atoms with Crippen molar-refractivity contribution in [3.8, 4) is 0 Å². The molecule has 1 unspecified atom stereocenters. The summed E-state index contributed by atoms with van der Waals surface area (Å²) in [5.74, 6) is 0. The predicted octanol–water partition coefficient (Wildman–Crippen LogP) is 0.730. The fourth-order valence-electron chi connectivity index (χ4n) is 0.779. The summed E-state index contributed by atoms with van der Waals surface area (Å²) >= 11 is 0. The molecule has 0 N–H and O–H groups in total. The van der Waals surface area contributed by atoms with E-state index in [-0.39, 0.29) is 6.04 Å². The second-order valence-corrected chi connectivity index (χ2v) is 1.92. The molecule has 1 radical (unpaired) electrons. The molecule has 0 rings (SSSR count). The normalized spacial score (nSPS) is 13.8. The Hall–Kier alpha value is -0.370. The molecule has 0 aromatic heterocycles. The molecule has 53 valence electrons. The van der Waals surface area contributed by atoms with E-state index in [0.29, 0.717) is 0 Å². The van der Waals surface area contributed by atoms with Crippen LogP contribution in [-0.2, 0) is 4.79 Å². The number of carbonyl (C=O) groups excluding carboxylic acids is 1. The smallest absolute Gasteiger partial charge is 0.137 e. The standard InChI is InChI=1S/C7H14NO/c1-4-8(5-2)7(3)6-9/h6-7H,3-5H2,1-2H3. The zero-order chi connectivity index (χ0) is 7.28. The van der Waals surface area contributed by atoms with Crippen LogP contribution in [0, 0.1) is 6.92 Å². The molecule has 0 aliphatic rings. The Kier molecular flexibility index (Phi) is 4.32. The van der Waals surface area contributed by atoms with E-state index < -0.39 is 0 Å². The highest BCUT2D eigenvalue weighted by Gasteiger charge is 2.06. The number of rotatable bonds is 4. The first-order valence-corrected chi connectivity index (χ1v) is 3.28. The summed E-state index contributed by atoms with van der Waals surface area (Å²) in [6.45, 7) is 9.48. The minimum Gasteiger partial charge on any atom is -0.302 e. The molecule has 0 heterocycles. The Morgan fingerprint density at radius 3 is 2.11 bits per heavy atom. The molecule has 2 nitrogen and oxygen atoms in total. The zero-order valence-corrected chi connectivity index (χ0v) is 6.13. The van der Waals surface area contributed by atoms with Crippen LogP contribution in [0.15, 0.2) is 0 Å². The molecule has 0 spiro atoms. The van der Waals surface area contributed by atoms with E-state index >= 15 is 0 Å². The van der Waals surface area contributed by atoms with Gasteiger partial charge in [-0.15, -0.1) is 0 Å². The van der Waals surface area contributed by atoms with Crippen LogP contribution >= 0.6 is 0 Å². The molecular formula is C7H14NO. The molecule has 2 heteroatoms. The van der Waals surface area contributed by atoms with Crippen LogP contribution in [-0.4, -0.2) is 30.3 Å². The predicted molar refractivity (Wildman–Crippen MR) is 38.1 cm³/mol. The maximum absolute atomic E-state index is 10.2. The van der Waals surface area contributed by atoms with Crippen LogP contribution in [0.25, 0.3) is 0 Å². The van der Waals surface area contributed by atoms with Crippen LogP contribution < -0.4 is 0 Å². The SMILES string of the molecule is [CH2]C(C=O)N(CC)CC. The first-order chi connectivity index (χ1) is 4.26. The van der Waals surface area contributed by atoms with Crippen molar-refractivity contribution in [1.29, 1.82) is 0 Å². The number of carbonyl (C=O) groups is 1. The van der Waals surface area contributed by atoms with E-state index in [1.54, 1.807) is 0 Å².